The molecule has 1 heterocycles. The Labute approximate surface area is 150 Å². The van der Waals surface area contributed by atoms with E-state index in [1.807, 2.05) is 13.0 Å². The summed E-state index contributed by atoms with van der Waals surface area (Å²) in [5.74, 6) is 0. The summed E-state index contributed by atoms with van der Waals surface area (Å²) < 4.78 is 6.79. The van der Waals surface area contributed by atoms with Crippen LogP contribution in [0.2, 0.25) is 0 Å². The van der Waals surface area contributed by atoms with Crippen LogP contribution in [0.5, 0.6) is 0 Å². The summed E-state index contributed by atoms with van der Waals surface area (Å²) in [5, 5.41) is 20.2. The molecule has 0 bridgehead atoms. The van der Waals surface area contributed by atoms with Gasteiger partial charge in [-0.1, -0.05) is 72.9 Å². The Balaban J connectivity index is 2.62. The molecular formula is C15H19Br3O3. The Morgan fingerprint density at radius 3 is 2.86 bits per heavy atom. The van der Waals surface area contributed by atoms with Crippen molar-refractivity contribution in [1.29, 1.82) is 0 Å². The standard InChI is InChI=1S/C15H19Br3O3/c1-2-10(17)5-3-7-12(19)14(18)15-13(20)9-11(21-15)6-4-8-16/h3,5-8,11-15,19-20H,2,9H2,1H3. The van der Waals surface area contributed by atoms with Gasteiger partial charge in [-0.05, 0) is 17.0 Å². The average Bonchev–Trinajstić information content (AvgIpc) is 2.84. The Kier molecular flexibility index (Phi) is 9.37. The molecule has 1 saturated heterocycles. The van der Waals surface area contributed by atoms with Crippen molar-refractivity contribution in [3.63, 3.8) is 0 Å². The maximum atomic E-state index is 10.1. The summed E-state index contributed by atoms with van der Waals surface area (Å²) in [6.45, 7) is 2.04. The van der Waals surface area contributed by atoms with Gasteiger partial charge < -0.3 is 14.9 Å². The van der Waals surface area contributed by atoms with Crippen LogP contribution in [0.1, 0.15) is 19.8 Å². The maximum Gasteiger partial charge on any atom is 0.0996 e. The second-order valence-corrected chi connectivity index (χ2v) is 7.21. The minimum absolute atomic E-state index is 0.191. The third-order valence-electron chi connectivity index (χ3n) is 3.09. The summed E-state index contributed by atoms with van der Waals surface area (Å²) in [4.78, 5) is 1.24. The first-order valence-corrected chi connectivity index (χ1v) is 9.31. The summed E-state index contributed by atoms with van der Waals surface area (Å²) in [7, 11) is 0. The predicted octanol–water partition coefficient (Wildman–Crippen LogP) is 3.94. The van der Waals surface area contributed by atoms with Crippen LogP contribution in [-0.2, 0) is 4.74 Å². The molecule has 0 amide bonds. The van der Waals surface area contributed by atoms with Crippen LogP contribution in [0, 0.1) is 0 Å². The average molecular weight is 487 g/mol. The second kappa shape index (κ2) is 10.2. The first-order valence-electron chi connectivity index (χ1n) is 6.69. The van der Waals surface area contributed by atoms with Gasteiger partial charge in [-0.3, -0.25) is 0 Å². The smallest absolute Gasteiger partial charge is 0.0996 e. The highest BCUT2D eigenvalue weighted by Gasteiger charge is 2.39. The lowest BCUT2D eigenvalue weighted by molar-refractivity contribution is 0.00627. The first kappa shape index (κ1) is 19.4. The molecule has 2 N–H and O–H groups in total. The van der Waals surface area contributed by atoms with E-state index in [9.17, 15) is 10.2 Å². The Bertz CT molecular complexity index is 441. The van der Waals surface area contributed by atoms with Gasteiger partial charge in [0.2, 0.25) is 0 Å². The van der Waals surface area contributed by atoms with Crippen molar-refractivity contribution in [2.75, 3.05) is 0 Å². The number of hydrogen-bond acceptors (Lipinski definition) is 3. The van der Waals surface area contributed by atoms with E-state index >= 15 is 0 Å². The highest BCUT2D eigenvalue weighted by atomic mass is 79.9. The SMILES string of the molecule is CCC(Br)=CC=CC(O)C(Br)C1OC(C=C=CBr)CC1O. The molecule has 6 heteroatoms. The van der Waals surface area contributed by atoms with Gasteiger partial charge in [0.05, 0.1) is 29.2 Å². The van der Waals surface area contributed by atoms with Gasteiger partial charge in [0.1, 0.15) is 0 Å². The van der Waals surface area contributed by atoms with Gasteiger partial charge in [-0.25, -0.2) is 0 Å². The number of aliphatic hydroxyl groups excluding tert-OH is 2. The van der Waals surface area contributed by atoms with Crippen LogP contribution < -0.4 is 0 Å². The molecule has 1 rings (SSSR count). The molecule has 21 heavy (non-hydrogen) atoms. The molecule has 0 saturated carbocycles. The fraction of sp³-hybridized carbons (Fsp3) is 0.533. The number of aliphatic hydroxyl groups is 2. The van der Waals surface area contributed by atoms with Gasteiger partial charge >= 0.3 is 0 Å². The van der Waals surface area contributed by atoms with Crippen LogP contribution in [0.15, 0.2) is 39.5 Å². The number of ether oxygens (including phenoxy) is 1. The highest BCUT2D eigenvalue weighted by Crippen LogP contribution is 2.29. The van der Waals surface area contributed by atoms with Crippen LogP contribution >= 0.6 is 47.8 Å². The fourth-order valence-electron chi connectivity index (χ4n) is 1.95. The molecule has 5 unspecified atom stereocenters. The van der Waals surface area contributed by atoms with Gasteiger partial charge in [-0.2, -0.15) is 0 Å². The Morgan fingerprint density at radius 1 is 1.52 bits per heavy atom. The van der Waals surface area contributed by atoms with Crippen molar-refractivity contribution in [3.05, 3.63) is 39.5 Å². The van der Waals surface area contributed by atoms with Gasteiger partial charge in [-0.15, -0.1) is 5.73 Å². The number of alkyl halides is 1. The van der Waals surface area contributed by atoms with Crippen LogP contribution in [0.25, 0.3) is 0 Å². The van der Waals surface area contributed by atoms with Gasteiger partial charge in [0.25, 0.3) is 0 Å². The van der Waals surface area contributed by atoms with E-state index in [1.54, 1.807) is 23.2 Å². The molecule has 5 atom stereocenters. The zero-order valence-electron chi connectivity index (χ0n) is 11.6. The molecule has 1 aliphatic heterocycles. The third-order valence-corrected chi connectivity index (χ3v) is 5.25. The predicted molar refractivity (Wildman–Crippen MR) is 96.0 cm³/mol. The fourth-order valence-corrected chi connectivity index (χ4v) is 2.91. The molecular weight excluding hydrogens is 468 g/mol. The minimum Gasteiger partial charge on any atom is -0.390 e. The molecule has 0 aromatic rings. The number of rotatable bonds is 6. The third kappa shape index (κ3) is 6.53. The number of allylic oxidation sites excluding steroid dienone is 3. The maximum absolute atomic E-state index is 10.1. The minimum atomic E-state index is -0.743. The van der Waals surface area contributed by atoms with Crippen LogP contribution in [0.3, 0.4) is 0 Å². The van der Waals surface area contributed by atoms with E-state index in [1.165, 1.54) is 0 Å². The van der Waals surface area contributed by atoms with E-state index in [0.29, 0.717) is 6.42 Å². The molecule has 118 valence electrons. The van der Waals surface area contributed by atoms with Crippen LogP contribution in [0.4, 0.5) is 0 Å². The first-order chi connectivity index (χ1) is 9.99. The lowest BCUT2D eigenvalue weighted by Gasteiger charge is -2.23. The van der Waals surface area contributed by atoms with Gasteiger partial charge in [0, 0.05) is 11.4 Å². The second-order valence-electron chi connectivity index (χ2n) is 4.67. The molecule has 0 radical (unpaired) electrons. The van der Waals surface area contributed by atoms with Crippen LogP contribution in [-0.4, -0.2) is 39.5 Å². The summed E-state index contributed by atoms with van der Waals surface area (Å²) in [6, 6.07) is 0. The summed E-state index contributed by atoms with van der Waals surface area (Å²) >= 11 is 9.96. The lowest BCUT2D eigenvalue weighted by Crippen LogP contribution is -2.37. The molecule has 0 spiro atoms. The lowest BCUT2D eigenvalue weighted by atomic mass is 10.0. The van der Waals surface area contributed by atoms with E-state index in [4.69, 9.17) is 4.74 Å². The monoisotopic (exact) mass is 484 g/mol. The van der Waals surface area contributed by atoms with Crippen molar-refractivity contribution >= 4 is 47.8 Å². The number of halogens is 3. The van der Waals surface area contributed by atoms with E-state index in [-0.39, 0.29) is 10.9 Å². The Morgan fingerprint density at radius 2 is 2.24 bits per heavy atom. The Hall–Kier alpha value is 0.320. The normalized spacial score (nSPS) is 29.2. The topological polar surface area (TPSA) is 49.7 Å². The molecule has 0 aliphatic carbocycles. The summed E-state index contributed by atoms with van der Waals surface area (Å²) in [5.41, 5.74) is 2.88. The number of hydrogen-bond donors (Lipinski definition) is 2. The van der Waals surface area contributed by atoms with Gasteiger partial charge in [0.15, 0.2) is 0 Å². The van der Waals surface area contributed by atoms with Crippen molar-refractivity contribution in [3.8, 4) is 0 Å². The summed E-state index contributed by atoms with van der Waals surface area (Å²) in [6.07, 6.45) is 6.50. The van der Waals surface area contributed by atoms with Crippen molar-refractivity contribution < 1.29 is 14.9 Å². The van der Waals surface area contributed by atoms with E-state index in [0.717, 1.165) is 10.9 Å². The molecule has 1 fully saturated rings. The van der Waals surface area contributed by atoms with E-state index < -0.39 is 18.3 Å². The highest BCUT2D eigenvalue weighted by molar-refractivity contribution is 9.11. The quantitative estimate of drug-likeness (QED) is 0.340. The molecule has 0 aromatic carbocycles. The largest absolute Gasteiger partial charge is 0.390 e. The molecule has 3 nitrogen and oxygen atoms in total. The van der Waals surface area contributed by atoms with Crippen molar-refractivity contribution in [2.45, 2.75) is 49.0 Å². The van der Waals surface area contributed by atoms with Crippen molar-refractivity contribution in [1.82, 2.24) is 0 Å². The molecule has 0 aromatic heterocycles. The zero-order chi connectivity index (χ0) is 15.8. The zero-order valence-corrected chi connectivity index (χ0v) is 16.4. The van der Waals surface area contributed by atoms with Crippen molar-refractivity contribution in [2.24, 2.45) is 0 Å². The van der Waals surface area contributed by atoms with E-state index in [2.05, 4.69) is 53.5 Å². The molecule has 1 aliphatic rings.